The minimum Gasteiger partial charge on any atom is -0.492 e. The van der Waals surface area contributed by atoms with Gasteiger partial charge in [-0.15, -0.1) is 0 Å². The third-order valence-electron chi connectivity index (χ3n) is 3.48. The molecule has 0 aliphatic heterocycles. The molecule has 0 saturated carbocycles. The molecular formula is C18H23NO3S. The van der Waals surface area contributed by atoms with Gasteiger partial charge in [-0.25, -0.2) is 8.42 Å². The van der Waals surface area contributed by atoms with Crippen LogP contribution in [0.5, 0.6) is 5.75 Å². The van der Waals surface area contributed by atoms with Crippen LogP contribution in [0.25, 0.3) is 0 Å². The van der Waals surface area contributed by atoms with E-state index in [1.165, 1.54) is 0 Å². The van der Waals surface area contributed by atoms with Crippen LogP contribution >= 0.6 is 0 Å². The second kappa shape index (κ2) is 8.02. The fourth-order valence-electron chi connectivity index (χ4n) is 2.25. The summed E-state index contributed by atoms with van der Waals surface area (Å²) in [7, 11) is -3.62. The van der Waals surface area contributed by atoms with Crippen molar-refractivity contribution in [3.8, 4) is 5.75 Å². The van der Waals surface area contributed by atoms with E-state index in [1.54, 1.807) is 30.3 Å². The molecule has 0 saturated heterocycles. The number of nitrogens with one attached hydrogen (secondary N) is 1. The SMILES string of the molecule is CCCCc1ccc(S(=O)(=O)Nc2ccccc2OCC)cc1. The first-order chi connectivity index (χ1) is 11.1. The van der Waals surface area contributed by atoms with Crippen LogP contribution in [0.3, 0.4) is 0 Å². The van der Waals surface area contributed by atoms with Crippen molar-refractivity contribution in [1.29, 1.82) is 0 Å². The average molecular weight is 333 g/mol. The lowest BCUT2D eigenvalue weighted by molar-refractivity contribution is 0.342. The number of hydrogen-bond acceptors (Lipinski definition) is 3. The molecule has 0 atom stereocenters. The van der Waals surface area contributed by atoms with Crippen molar-refractivity contribution in [3.05, 3.63) is 54.1 Å². The van der Waals surface area contributed by atoms with Gasteiger partial charge in [-0.05, 0) is 49.6 Å². The molecule has 0 heterocycles. The van der Waals surface area contributed by atoms with Gasteiger partial charge in [0.2, 0.25) is 0 Å². The van der Waals surface area contributed by atoms with E-state index < -0.39 is 10.0 Å². The Morgan fingerprint density at radius 1 is 1.00 bits per heavy atom. The number of para-hydroxylation sites is 2. The molecule has 0 spiro atoms. The number of ether oxygens (including phenoxy) is 1. The summed E-state index contributed by atoms with van der Waals surface area (Å²) < 4.78 is 33.1. The zero-order chi connectivity index (χ0) is 16.7. The lowest BCUT2D eigenvalue weighted by Crippen LogP contribution is -2.14. The maximum atomic E-state index is 12.5. The van der Waals surface area contributed by atoms with E-state index in [4.69, 9.17) is 4.74 Å². The number of rotatable bonds is 8. The first-order valence-electron chi connectivity index (χ1n) is 7.90. The van der Waals surface area contributed by atoms with Crippen LogP contribution < -0.4 is 9.46 Å². The standard InChI is InChI=1S/C18H23NO3S/c1-3-5-8-15-11-13-16(14-12-15)23(20,21)19-17-9-6-7-10-18(17)22-4-2/h6-7,9-14,19H,3-5,8H2,1-2H3. The lowest BCUT2D eigenvalue weighted by Gasteiger charge is -2.13. The van der Waals surface area contributed by atoms with E-state index in [0.29, 0.717) is 18.0 Å². The topological polar surface area (TPSA) is 55.4 Å². The van der Waals surface area contributed by atoms with Crippen LogP contribution in [0.2, 0.25) is 0 Å². The molecule has 1 N–H and O–H groups in total. The Balaban J connectivity index is 2.19. The Morgan fingerprint density at radius 2 is 1.70 bits per heavy atom. The largest absolute Gasteiger partial charge is 0.492 e. The zero-order valence-corrected chi connectivity index (χ0v) is 14.4. The summed E-state index contributed by atoms with van der Waals surface area (Å²) in [6, 6.07) is 14.1. The first-order valence-corrected chi connectivity index (χ1v) is 9.38. The van der Waals surface area contributed by atoms with Crippen LogP contribution in [-0.4, -0.2) is 15.0 Å². The maximum absolute atomic E-state index is 12.5. The summed E-state index contributed by atoms with van der Waals surface area (Å²) in [5.41, 5.74) is 1.60. The predicted molar refractivity (Wildman–Crippen MR) is 93.5 cm³/mol. The molecule has 0 amide bonds. The molecule has 0 fully saturated rings. The second-order valence-corrected chi connectivity index (χ2v) is 6.96. The van der Waals surface area contributed by atoms with E-state index >= 15 is 0 Å². The van der Waals surface area contributed by atoms with Gasteiger partial charge < -0.3 is 4.74 Å². The van der Waals surface area contributed by atoms with Crippen molar-refractivity contribution in [2.45, 2.75) is 38.0 Å². The van der Waals surface area contributed by atoms with Crippen LogP contribution in [0.15, 0.2) is 53.4 Å². The summed E-state index contributed by atoms with van der Waals surface area (Å²) in [6.07, 6.45) is 3.19. The second-order valence-electron chi connectivity index (χ2n) is 5.28. The van der Waals surface area contributed by atoms with Crippen molar-refractivity contribution in [2.75, 3.05) is 11.3 Å². The van der Waals surface area contributed by atoms with E-state index in [-0.39, 0.29) is 4.90 Å². The normalized spacial score (nSPS) is 11.2. The highest BCUT2D eigenvalue weighted by Crippen LogP contribution is 2.26. The Hall–Kier alpha value is -2.01. The molecule has 0 bridgehead atoms. The molecule has 5 heteroatoms. The number of sulfonamides is 1. The van der Waals surface area contributed by atoms with Crippen molar-refractivity contribution in [2.24, 2.45) is 0 Å². The summed E-state index contributed by atoms with van der Waals surface area (Å²) in [5, 5.41) is 0. The fourth-order valence-corrected chi connectivity index (χ4v) is 3.32. The van der Waals surface area contributed by atoms with Crippen molar-refractivity contribution in [3.63, 3.8) is 0 Å². The zero-order valence-electron chi connectivity index (χ0n) is 13.6. The molecule has 0 aliphatic rings. The summed E-state index contributed by atoms with van der Waals surface area (Å²) in [4.78, 5) is 0.254. The third-order valence-corrected chi connectivity index (χ3v) is 4.87. The number of unbranched alkanes of at least 4 members (excludes halogenated alkanes) is 1. The fraction of sp³-hybridized carbons (Fsp3) is 0.333. The van der Waals surface area contributed by atoms with E-state index in [9.17, 15) is 8.42 Å². The number of hydrogen-bond donors (Lipinski definition) is 1. The predicted octanol–water partition coefficient (Wildman–Crippen LogP) is 4.23. The molecule has 124 valence electrons. The van der Waals surface area contributed by atoms with Crippen molar-refractivity contribution >= 4 is 15.7 Å². The molecule has 0 unspecified atom stereocenters. The highest BCUT2D eigenvalue weighted by Gasteiger charge is 2.16. The number of anilines is 1. The van der Waals surface area contributed by atoms with E-state index in [1.807, 2.05) is 25.1 Å². The molecule has 0 radical (unpaired) electrons. The number of benzene rings is 2. The molecule has 4 nitrogen and oxygen atoms in total. The minimum atomic E-state index is -3.62. The third kappa shape index (κ3) is 4.73. The Labute approximate surface area is 138 Å². The first kappa shape index (κ1) is 17.3. The Bertz CT molecular complexity index is 724. The summed E-state index contributed by atoms with van der Waals surface area (Å²) in [6.45, 7) is 4.48. The van der Waals surface area contributed by atoms with E-state index in [0.717, 1.165) is 24.8 Å². The van der Waals surface area contributed by atoms with Gasteiger partial charge in [0, 0.05) is 0 Å². The molecule has 0 aromatic heterocycles. The molecule has 0 aliphatic carbocycles. The van der Waals surface area contributed by atoms with Crippen LogP contribution in [0.1, 0.15) is 32.3 Å². The Morgan fingerprint density at radius 3 is 2.35 bits per heavy atom. The smallest absolute Gasteiger partial charge is 0.262 e. The maximum Gasteiger partial charge on any atom is 0.262 e. The van der Waals surface area contributed by atoms with Gasteiger partial charge in [-0.1, -0.05) is 37.6 Å². The van der Waals surface area contributed by atoms with E-state index in [2.05, 4.69) is 11.6 Å². The molecule has 2 aromatic rings. The minimum absolute atomic E-state index is 0.254. The van der Waals surface area contributed by atoms with Gasteiger partial charge in [-0.3, -0.25) is 4.72 Å². The van der Waals surface area contributed by atoms with Crippen molar-refractivity contribution in [1.82, 2.24) is 0 Å². The molecular weight excluding hydrogens is 310 g/mol. The van der Waals surface area contributed by atoms with Gasteiger partial charge in [-0.2, -0.15) is 0 Å². The molecule has 2 aromatic carbocycles. The highest BCUT2D eigenvalue weighted by atomic mass is 32.2. The summed E-state index contributed by atoms with van der Waals surface area (Å²) in [5.74, 6) is 0.526. The molecule has 23 heavy (non-hydrogen) atoms. The van der Waals surface area contributed by atoms with Gasteiger partial charge in [0.1, 0.15) is 5.75 Å². The van der Waals surface area contributed by atoms with Crippen molar-refractivity contribution < 1.29 is 13.2 Å². The molecule has 2 rings (SSSR count). The quantitative estimate of drug-likeness (QED) is 0.786. The number of aryl methyl sites for hydroxylation is 1. The highest BCUT2D eigenvalue weighted by molar-refractivity contribution is 7.92. The van der Waals surface area contributed by atoms with Gasteiger partial charge in [0.15, 0.2) is 0 Å². The lowest BCUT2D eigenvalue weighted by atomic mass is 10.1. The Kier molecular flexibility index (Phi) is 6.04. The van der Waals surface area contributed by atoms with Crippen LogP contribution in [0, 0.1) is 0 Å². The van der Waals surface area contributed by atoms with Gasteiger partial charge in [0.05, 0.1) is 17.2 Å². The van der Waals surface area contributed by atoms with Gasteiger partial charge in [0.25, 0.3) is 10.0 Å². The van der Waals surface area contributed by atoms with Gasteiger partial charge >= 0.3 is 0 Å². The van der Waals surface area contributed by atoms with Crippen LogP contribution in [0.4, 0.5) is 5.69 Å². The van der Waals surface area contributed by atoms with Crippen LogP contribution in [-0.2, 0) is 16.4 Å². The monoisotopic (exact) mass is 333 g/mol. The average Bonchev–Trinajstić information content (AvgIpc) is 2.55. The summed E-state index contributed by atoms with van der Waals surface area (Å²) >= 11 is 0.